The van der Waals surface area contributed by atoms with Gasteiger partial charge in [0.1, 0.15) is 0 Å². The summed E-state index contributed by atoms with van der Waals surface area (Å²) in [5.74, 6) is 0.747. The van der Waals surface area contributed by atoms with Crippen molar-refractivity contribution in [1.82, 2.24) is 14.9 Å². The van der Waals surface area contributed by atoms with Crippen molar-refractivity contribution in [2.24, 2.45) is 0 Å². The zero-order valence-electron chi connectivity index (χ0n) is 14.3. The number of thioether (sulfide) groups is 1. The Morgan fingerprint density at radius 2 is 2.04 bits per heavy atom. The number of carbonyl (C=O) groups excluding carboxylic acids is 2. The van der Waals surface area contributed by atoms with Crippen molar-refractivity contribution in [3.8, 4) is 11.8 Å². The minimum atomic E-state index is -0.497. The van der Waals surface area contributed by atoms with Gasteiger partial charge in [0, 0.05) is 37.4 Å². The first kappa shape index (κ1) is 19.3. The Kier molecular flexibility index (Phi) is 7.30. The SMILES string of the molecule is CCN1CC(CSCCCCCC(=O)On2c(O)ccc2O)NC1=O. The molecule has 1 fully saturated rings. The predicted octanol–water partition coefficient (Wildman–Crippen LogP) is 1.56. The van der Waals surface area contributed by atoms with Gasteiger partial charge in [0.2, 0.25) is 11.8 Å². The quantitative estimate of drug-likeness (QED) is 0.539. The molecule has 2 amide bonds. The van der Waals surface area contributed by atoms with Gasteiger partial charge in [-0.25, -0.2) is 9.59 Å². The Labute approximate surface area is 151 Å². The maximum absolute atomic E-state index is 11.7. The van der Waals surface area contributed by atoms with Crippen LogP contribution in [0.3, 0.4) is 0 Å². The summed E-state index contributed by atoms with van der Waals surface area (Å²) in [6, 6.07) is 2.72. The Hall–Kier alpha value is -2.03. The van der Waals surface area contributed by atoms with Gasteiger partial charge >= 0.3 is 12.0 Å². The van der Waals surface area contributed by atoms with E-state index in [0.29, 0.717) is 11.2 Å². The highest BCUT2D eigenvalue weighted by atomic mass is 32.2. The summed E-state index contributed by atoms with van der Waals surface area (Å²) < 4.78 is 0.702. The zero-order valence-corrected chi connectivity index (χ0v) is 15.1. The van der Waals surface area contributed by atoms with Crippen LogP contribution in [-0.2, 0) is 4.79 Å². The molecule has 8 nitrogen and oxygen atoms in total. The van der Waals surface area contributed by atoms with Crippen LogP contribution in [-0.4, -0.2) is 62.5 Å². The van der Waals surface area contributed by atoms with E-state index < -0.39 is 5.97 Å². The molecule has 1 unspecified atom stereocenters. The summed E-state index contributed by atoms with van der Waals surface area (Å²) in [6.07, 6.45) is 2.79. The van der Waals surface area contributed by atoms with Crippen LogP contribution in [0.2, 0.25) is 0 Å². The number of hydrogen-bond acceptors (Lipinski definition) is 6. The second-order valence-corrected chi connectivity index (χ2v) is 7.03. The van der Waals surface area contributed by atoms with Crippen LogP contribution >= 0.6 is 11.8 Å². The molecule has 1 saturated heterocycles. The van der Waals surface area contributed by atoms with Crippen molar-refractivity contribution >= 4 is 23.8 Å². The highest BCUT2D eigenvalue weighted by Crippen LogP contribution is 2.19. The van der Waals surface area contributed by atoms with Crippen LogP contribution in [0.4, 0.5) is 4.79 Å². The van der Waals surface area contributed by atoms with Crippen molar-refractivity contribution in [1.29, 1.82) is 0 Å². The number of urea groups is 1. The van der Waals surface area contributed by atoms with Gasteiger partial charge in [0.25, 0.3) is 0 Å². The van der Waals surface area contributed by atoms with Crippen molar-refractivity contribution in [2.45, 2.75) is 38.6 Å². The van der Waals surface area contributed by atoms with E-state index in [1.54, 1.807) is 16.7 Å². The smallest absolute Gasteiger partial charge is 0.333 e. The summed E-state index contributed by atoms with van der Waals surface area (Å²) in [5.41, 5.74) is 0. The molecule has 2 heterocycles. The standard InChI is InChI=1S/C16H25N3O5S/c1-2-18-10-12(17-16(18)23)11-25-9-5-3-4-6-15(22)24-19-13(20)7-8-14(19)21/h7-8,12,20-21H,2-6,9-11H2,1H3,(H,17,23). The minimum Gasteiger partial charge on any atom is -0.492 e. The van der Waals surface area contributed by atoms with E-state index in [4.69, 9.17) is 4.84 Å². The molecule has 0 aliphatic carbocycles. The number of rotatable bonds is 10. The van der Waals surface area contributed by atoms with Crippen molar-refractivity contribution in [2.75, 3.05) is 24.6 Å². The number of hydrogen-bond donors (Lipinski definition) is 3. The first-order chi connectivity index (χ1) is 12.0. The van der Waals surface area contributed by atoms with Crippen LogP contribution in [0.5, 0.6) is 11.8 Å². The lowest BCUT2D eigenvalue weighted by atomic mass is 10.2. The molecule has 9 heteroatoms. The van der Waals surface area contributed by atoms with Crippen LogP contribution in [0, 0.1) is 0 Å². The molecule has 2 rings (SSSR count). The number of nitrogens with zero attached hydrogens (tertiary/aromatic N) is 2. The molecular formula is C16H25N3O5S. The third-order valence-electron chi connectivity index (χ3n) is 3.92. The number of unbranched alkanes of at least 4 members (excludes halogenated alkanes) is 2. The highest BCUT2D eigenvalue weighted by Gasteiger charge is 2.26. The molecule has 140 valence electrons. The van der Waals surface area contributed by atoms with E-state index >= 15 is 0 Å². The molecular weight excluding hydrogens is 346 g/mol. The molecule has 1 aliphatic rings. The largest absolute Gasteiger partial charge is 0.492 e. The fraction of sp³-hybridized carbons (Fsp3) is 0.625. The Bertz CT molecular complexity index is 573. The lowest BCUT2D eigenvalue weighted by molar-refractivity contribution is -0.145. The van der Waals surface area contributed by atoms with E-state index in [-0.39, 0.29) is 30.3 Å². The maximum Gasteiger partial charge on any atom is 0.333 e. The molecule has 25 heavy (non-hydrogen) atoms. The van der Waals surface area contributed by atoms with Crippen molar-refractivity contribution in [3.63, 3.8) is 0 Å². The van der Waals surface area contributed by atoms with E-state index in [1.165, 1.54) is 12.1 Å². The molecule has 1 atom stereocenters. The van der Waals surface area contributed by atoms with Crippen LogP contribution in [0.15, 0.2) is 12.1 Å². The zero-order chi connectivity index (χ0) is 18.2. The van der Waals surface area contributed by atoms with E-state index in [1.807, 2.05) is 6.92 Å². The van der Waals surface area contributed by atoms with Crippen LogP contribution in [0.1, 0.15) is 32.6 Å². The highest BCUT2D eigenvalue weighted by molar-refractivity contribution is 7.99. The molecule has 0 saturated carbocycles. The summed E-state index contributed by atoms with van der Waals surface area (Å²) in [6.45, 7) is 3.48. The monoisotopic (exact) mass is 371 g/mol. The minimum absolute atomic E-state index is 0.0198. The Morgan fingerprint density at radius 1 is 1.32 bits per heavy atom. The number of aromatic nitrogens is 1. The maximum atomic E-state index is 11.7. The van der Waals surface area contributed by atoms with Crippen LogP contribution < -0.4 is 10.2 Å². The average molecular weight is 371 g/mol. The summed E-state index contributed by atoms with van der Waals surface area (Å²) in [7, 11) is 0. The van der Waals surface area contributed by atoms with Gasteiger partial charge in [-0.15, -0.1) is 4.73 Å². The summed E-state index contributed by atoms with van der Waals surface area (Å²) in [4.78, 5) is 29.9. The van der Waals surface area contributed by atoms with Crippen molar-refractivity contribution < 1.29 is 24.6 Å². The van der Waals surface area contributed by atoms with Gasteiger partial charge < -0.3 is 25.3 Å². The average Bonchev–Trinajstić information content (AvgIpc) is 3.10. The fourth-order valence-corrected chi connectivity index (χ4v) is 3.59. The third kappa shape index (κ3) is 5.77. The summed E-state index contributed by atoms with van der Waals surface area (Å²) >= 11 is 1.80. The molecule has 3 N–H and O–H groups in total. The number of carbonyl (C=O) groups is 2. The second-order valence-electron chi connectivity index (χ2n) is 5.88. The van der Waals surface area contributed by atoms with Crippen LogP contribution in [0.25, 0.3) is 0 Å². The Morgan fingerprint density at radius 3 is 2.68 bits per heavy atom. The number of amides is 2. The molecule has 1 aromatic rings. The third-order valence-corrected chi connectivity index (χ3v) is 5.13. The fourth-order valence-electron chi connectivity index (χ4n) is 2.55. The number of aromatic hydroxyl groups is 2. The molecule has 0 bridgehead atoms. The van der Waals surface area contributed by atoms with Gasteiger partial charge in [-0.05, 0) is 25.5 Å². The van der Waals surface area contributed by atoms with Gasteiger partial charge in [-0.2, -0.15) is 11.8 Å². The molecule has 0 spiro atoms. The van der Waals surface area contributed by atoms with E-state index in [2.05, 4.69) is 5.32 Å². The lowest BCUT2D eigenvalue weighted by Crippen LogP contribution is -2.29. The molecule has 1 aliphatic heterocycles. The number of likely N-dealkylation sites (N-methyl/N-ethyl adjacent to an activating group) is 1. The normalized spacial score (nSPS) is 16.9. The lowest BCUT2D eigenvalue weighted by Gasteiger charge is -2.11. The van der Waals surface area contributed by atoms with Gasteiger partial charge in [-0.1, -0.05) is 6.42 Å². The first-order valence-electron chi connectivity index (χ1n) is 8.45. The van der Waals surface area contributed by atoms with Gasteiger partial charge in [-0.3, -0.25) is 0 Å². The van der Waals surface area contributed by atoms with Crippen molar-refractivity contribution in [3.05, 3.63) is 12.1 Å². The van der Waals surface area contributed by atoms with E-state index in [9.17, 15) is 19.8 Å². The molecule has 0 radical (unpaired) electrons. The Balaban J connectivity index is 1.50. The molecule has 0 aromatic carbocycles. The number of nitrogens with one attached hydrogen (secondary N) is 1. The predicted molar refractivity (Wildman–Crippen MR) is 94.7 cm³/mol. The summed E-state index contributed by atoms with van der Waals surface area (Å²) in [5, 5.41) is 21.7. The second kappa shape index (κ2) is 9.45. The van der Waals surface area contributed by atoms with Gasteiger partial charge in [0.05, 0.1) is 6.04 Å². The first-order valence-corrected chi connectivity index (χ1v) is 9.60. The molecule has 1 aromatic heterocycles. The topological polar surface area (TPSA) is 104 Å². The van der Waals surface area contributed by atoms with E-state index in [0.717, 1.165) is 37.4 Å². The van der Waals surface area contributed by atoms with Gasteiger partial charge in [0.15, 0.2) is 0 Å².